The Kier molecular flexibility index (Phi) is 6.97. The van der Waals surface area contributed by atoms with Gasteiger partial charge in [-0.3, -0.25) is 9.55 Å². The minimum absolute atomic E-state index is 0.0610. The molecule has 1 atom stereocenters. The molecule has 12 heteroatoms. The monoisotopic (exact) mass is 499 g/mol. The molecule has 0 amide bonds. The van der Waals surface area contributed by atoms with E-state index in [2.05, 4.69) is 55.0 Å². The fourth-order valence-corrected chi connectivity index (χ4v) is 4.38. The normalized spacial score (nSPS) is 12.2. The molecule has 4 aromatic heterocycles. The van der Waals surface area contributed by atoms with Crippen molar-refractivity contribution in [2.75, 3.05) is 0 Å². The fourth-order valence-electron chi connectivity index (χ4n) is 4.38. The summed E-state index contributed by atoms with van der Waals surface area (Å²) in [5.41, 5.74) is 4.36. The van der Waals surface area contributed by atoms with Crippen LogP contribution in [0.5, 0.6) is 0 Å². The summed E-state index contributed by atoms with van der Waals surface area (Å²) < 4.78 is 5.05. The summed E-state index contributed by atoms with van der Waals surface area (Å²) in [7, 11) is 0. The third kappa shape index (κ3) is 4.69. The van der Waals surface area contributed by atoms with Crippen molar-refractivity contribution in [2.24, 2.45) is 0 Å². The van der Waals surface area contributed by atoms with E-state index in [0.717, 1.165) is 53.6 Å². The second kappa shape index (κ2) is 10.6. The molecule has 0 fully saturated rings. The number of H-pyrrole nitrogens is 1. The van der Waals surface area contributed by atoms with Gasteiger partial charge in [0.15, 0.2) is 0 Å². The van der Waals surface area contributed by atoms with Gasteiger partial charge in [0.1, 0.15) is 0 Å². The number of imidazole rings is 1. The van der Waals surface area contributed by atoms with Crippen LogP contribution in [0.3, 0.4) is 0 Å². The van der Waals surface area contributed by atoms with Gasteiger partial charge in [-0.15, -0.1) is 10.2 Å². The maximum atomic E-state index is 13.8. The topological polar surface area (TPSA) is 138 Å². The van der Waals surface area contributed by atoms with Crippen molar-refractivity contribution >= 4 is 0 Å². The molecule has 1 N–H and O–H groups in total. The standard InChI is InChI=1S/C25H29N11O/c1-4-6-9-19-16-35(24-29-32-33-36(24)17(3)5-2)25(37)34(19)15-18-14-26-13-12-20(18)21-10-7-8-11-22(21)23-27-30-31-28-23/h7-8,10-14,16-17H,4-6,9,15H2,1-3H3,(H,27,28,30,31). The summed E-state index contributed by atoms with van der Waals surface area (Å²) in [5.74, 6) is 0.923. The molecule has 37 heavy (non-hydrogen) atoms. The minimum Gasteiger partial charge on any atom is -0.291 e. The van der Waals surface area contributed by atoms with E-state index in [1.165, 1.54) is 0 Å². The largest absolute Gasteiger partial charge is 0.335 e. The Morgan fingerprint density at radius 2 is 1.89 bits per heavy atom. The van der Waals surface area contributed by atoms with Gasteiger partial charge < -0.3 is 0 Å². The summed E-state index contributed by atoms with van der Waals surface area (Å²) in [6.07, 6.45) is 9.00. The number of tetrazole rings is 2. The fraction of sp³-hybridized carbons (Fsp3) is 0.360. The molecule has 1 aromatic carbocycles. The molecule has 5 rings (SSSR count). The van der Waals surface area contributed by atoms with Crippen molar-refractivity contribution in [3.8, 4) is 28.5 Å². The van der Waals surface area contributed by atoms with Gasteiger partial charge in [-0.25, -0.2) is 14.0 Å². The molecule has 1 unspecified atom stereocenters. The second-order valence-corrected chi connectivity index (χ2v) is 8.96. The highest BCUT2D eigenvalue weighted by molar-refractivity contribution is 5.81. The van der Waals surface area contributed by atoms with E-state index < -0.39 is 0 Å². The Bertz CT molecular complexity index is 1530. The summed E-state index contributed by atoms with van der Waals surface area (Å²) in [4.78, 5) is 18.2. The first kappa shape index (κ1) is 24.2. The number of unbranched alkanes of at least 4 members (excludes halogenated alkanes) is 1. The minimum atomic E-state index is -0.188. The highest BCUT2D eigenvalue weighted by atomic mass is 16.2. The van der Waals surface area contributed by atoms with E-state index in [1.807, 2.05) is 43.5 Å². The molecule has 190 valence electrons. The van der Waals surface area contributed by atoms with Crippen LogP contribution in [-0.2, 0) is 13.0 Å². The predicted octanol–water partition coefficient (Wildman–Crippen LogP) is 3.23. The maximum absolute atomic E-state index is 13.8. The van der Waals surface area contributed by atoms with Gasteiger partial charge >= 0.3 is 5.69 Å². The molecule has 0 radical (unpaired) electrons. The maximum Gasteiger partial charge on any atom is 0.335 e. The zero-order valence-electron chi connectivity index (χ0n) is 21.1. The first-order valence-electron chi connectivity index (χ1n) is 12.5. The van der Waals surface area contributed by atoms with E-state index in [9.17, 15) is 4.79 Å². The second-order valence-electron chi connectivity index (χ2n) is 8.96. The number of nitrogens with one attached hydrogen (secondary N) is 1. The lowest BCUT2D eigenvalue weighted by Crippen LogP contribution is -2.27. The summed E-state index contributed by atoms with van der Waals surface area (Å²) in [6.45, 7) is 6.58. The highest BCUT2D eigenvalue weighted by Gasteiger charge is 2.21. The molecule has 4 heterocycles. The molecule has 0 saturated carbocycles. The van der Waals surface area contributed by atoms with E-state index in [0.29, 0.717) is 18.3 Å². The Morgan fingerprint density at radius 1 is 1.05 bits per heavy atom. The third-order valence-corrected chi connectivity index (χ3v) is 6.58. The quantitative estimate of drug-likeness (QED) is 0.309. The van der Waals surface area contributed by atoms with Gasteiger partial charge in [0, 0.05) is 29.8 Å². The number of aryl methyl sites for hydroxylation is 1. The van der Waals surface area contributed by atoms with Crippen LogP contribution in [0.1, 0.15) is 57.3 Å². The Morgan fingerprint density at radius 3 is 2.65 bits per heavy atom. The van der Waals surface area contributed by atoms with E-state index in [1.54, 1.807) is 26.2 Å². The van der Waals surface area contributed by atoms with Gasteiger partial charge in [0.2, 0.25) is 5.82 Å². The SMILES string of the molecule is CCCCc1cn(-c2nnnn2C(C)CC)c(=O)n1Cc1cnccc1-c1ccccc1-c1nn[nH]n1. The van der Waals surface area contributed by atoms with Crippen molar-refractivity contribution in [2.45, 2.75) is 59.0 Å². The molecular formula is C25H29N11O. The lowest BCUT2D eigenvalue weighted by atomic mass is 9.96. The van der Waals surface area contributed by atoms with Gasteiger partial charge in [0.05, 0.1) is 12.6 Å². The number of nitrogens with zero attached hydrogens (tertiary/aromatic N) is 10. The Labute approximate surface area is 213 Å². The first-order chi connectivity index (χ1) is 18.1. The molecule has 0 aliphatic heterocycles. The number of aromatic nitrogens is 11. The molecule has 5 aromatic rings. The first-order valence-corrected chi connectivity index (χ1v) is 12.5. The summed E-state index contributed by atoms with van der Waals surface area (Å²) in [6, 6.07) is 9.88. The van der Waals surface area contributed by atoms with Gasteiger partial charge in [-0.05, 0) is 64.6 Å². The van der Waals surface area contributed by atoms with Crippen molar-refractivity contribution in [3.63, 3.8) is 0 Å². The van der Waals surface area contributed by atoms with Crippen molar-refractivity contribution < 1.29 is 0 Å². The van der Waals surface area contributed by atoms with Crippen LogP contribution in [0, 0.1) is 0 Å². The Hall–Kier alpha value is -4.48. The molecule has 0 saturated heterocycles. The number of rotatable bonds is 10. The molecule has 0 aliphatic rings. The van der Waals surface area contributed by atoms with Gasteiger partial charge in [0.25, 0.3) is 5.95 Å². The average Bonchev–Trinajstić information content (AvgIpc) is 3.69. The van der Waals surface area contributed by atoms with Crippen LogP contribution in [0.25, 0.3) is 28.5 Å². The van der Waals surface area contributed by atoms with Gasteiger partial charge in [-0.2, -0.15) is 5.21 Å². The lowest BCUT2D eigenvalue weighted by Gasteiger charge is -2.14. The lowest BCUT2D eigenvalue weighted by molar-refractivity contribution is 0.456. The number of hydrogen-bond donors (Lipinski definition) is 1. The molecule has 12 nitrogen and oxygen atoms in total. The van der Waals surface area contributed by atoms with Crippen molar-refractivity contribution in [3.05, 3.63) is 70.7 Å². The molecular weight excluding hydrogens is 470 g/mol. The highest BCUT2D eigenvalue weighted by Crippen LogP contribution is 2.32. The number of aromatic amines is 1. The molecule has 0 aliphatic carbocycles. The average molecular weight is 500 g/mol. The number of pyridine rings is 1. The molecule has 0 bridgehead atoms. The van der Waals surface area contributed by atoms with Crippen LogP contribution in [0.2, 0.25) is 0 Å². The van der Waals surface area contributed by atoms with Crippen LogP contribution in [0.15, 0.2) is 53.7 Å². The van der Waals surface area contributed by atoms with Crippen LogP contribution < -0.4 is 5.69 Å². The van der Waals surface area contributed by atoms with Crippen molar-refractivity contribution in [1.29, 1.82) is 0 Å². The van der Waals surface area contributed by atoms with E-state index in [4.69, 9.17) is 0 Å². The smallest absolute Gasteiger partial charge is 0.291 e. The number of benzene rings is 1. The predicted molar refractivity (Wildman–Crippen MR) is 137 cm³/mol. The van der Waals surface area contributed by atoms with Crippen LogP contribution in [0.4, 0.5) is 0 Å². The zero-order valence-corrected chi connectivity index (χ0v) is 21.1. The van der Waals surface area contributed by atoms with Crippen LogP contribution >= 0.6 is 0 Å². The van der Waals surface area contributed by atoms with E-state index >= 15 is 0 Å². The van der Waals surface area contributed by atoms with E-state index in [-0.39, 0.29) is 11.7 Å². The van der Waals surface area contributed by atoms with Crippen LogP contribution in [-0.4, -0.2) is 54.9 Å². The molecule has 0 spiro atoms. The summed E-state index contributed by atoms with van der Waals surface area (Å²) >= 11 is 0. The Balaban J connectivity index is 1.60. The summed E-state index contributed by atoms with van der Waals surface area (Å²) in [5, 5.41) is 26.7. The third-order valence-electron chi connectivity index (χ3n) is 6.58. The van der Waals surface area contributed by atoms with Crippen molar-refractivity contribution in [1.82, 2.24) is 54.9 Å². The zero-order chi connectivity index (χ0) is 25.8. The van der Waals surface area contributed by atoms with Gasteiger partial charge in [-0.1, -0.05) is 49.6 Å². The number of hydrogen-bond acceptors (Lipinski definition) is 8.